The van der Waals surface area contributed by atoms with Crippen molar-refractivity contribution in [3.8, 4) is 0 Å². The predicted molar refractivity (Wildman–Crippen MR) is 125 cm³/mol. The van der Waals surface area contributed by atoms with E-state index in [9.17, 15) is 17.6 Å². The SMILES string of the molecule is Cc1nc2c(Nc3ccc(F)cc3S(C)(=O)=O)cc(NC(=O)C3CC3)nc2n1C1CCCCO1. The Kier molecular flexibility index (Phi) is 5.76. The van der Waals surface area contributed by atoms with Gasteiger partial charge in [-0.15, -0.1) is 0 Å². The maximum Gasteiger partial charge on any atom is 0.228 e. The van der Waals surface area contributed by atoms with Crippen LogP contribution in [0.2, 0.25) is 0 Å². The minimum Gasteiger partial charge on any atom is -0.358 e. The minimum atomic E-state index is -3.72. The smallest absolute Gasteiger partial charge is 0.228 e. The van der Waals surface area contributed by atoms with Gasteiger partial charge in [0.25, 0.3) is 0 Å². The zero-order chi connectivity index (χ0) is 24.0. The van der Waals surface area contributed by atoms with Crippen LogP contribution in [0.3, 0.4) is 0 Å². The monoisotopic (exact) mass is 487 g/mol. The van der Waals surface area contributed by atoms with Crippen molar-refractivity contribution in [2.75, 3.05) is 23.5 Å². The molecule has 0 spiro atoms. The van der Waals surface area contributed by atoms with E-state index in [1.807, 2.05) is 11.5 Å². The van der Waals surface area contributed by atoms with Gasteiger partial charge < -0.3 is 15.4 Å². The molecule has 1 saturated carbocycles. The standard InChI is InChI=1S/C23H26FN5O4S/c1-13-25-21-17(26-16-9-8-15(24)11-18(16)34(2,31)32)12-19(28-23(30)14-6-7-14)27-22(21)29(13)20-5-3-4-10-33-20/h8-9,11-12,14,20H,3-7,10H2,1-2H3,(H2,26,27,28,30). The zero-order valence-corrected chi connectivity index (χ0v) is 19.8. The molecule has 2 aliphatic rings. The van der Waals surface area contributed by atoms with Gasteiger partial charge in [0, 0.05) is 24.8 Å². The highest BCUT2D eigenvalue weighted by Gasteiger charge is 2.30. The summed E-state index contributed by atoms with van der Waals surface area (Å²) in [7, 11) is -3.72. The summed E-state index contributed by atoms with van der Waals surface area (Å²) in [5, 5.41) is 5.96. The van der Waals surface area contributed by atoms with Gasteiger partial charge in [0.1, 0.15) is 29.2 Å². The first-order valence-corrected chi connectivity index (χ1v) is 13.2. The summed E-state index contributed by atoms with van der Waals surface area (Å²) < 4.78 is 46.3. The number of aromatic nitrogens is 3. The van der Waals surface area contributed by atoms with Gasteiger partial charge in [-0.2, -0.15) is 0 Å². The van der Waals surface area contributed by atoms with E-state index in [1.54, 1.807) is 6.07 Å². The number of sulfone groups is 1. The van der Waals surface area contributed by atoms with E-state index in [1.165, 1.54) is 12.1 Å². The molecule has 11 heteroatoms. The van der Waals surface area contributed by atoms with Gasteiger partial charge in [-0.3, -0.25) is 9.36 Å². The number of rotatable bonds is 6. The first-order valence-electron chi connectivity index (χ1n) is 11.3. The Morgan fingerprint density at radius 3 is 2.62 bits per heavy atom. The lowest BCUT2D eigenvalue weighted by molar-refractivity contribution is -0.117. The number of ether oxygens (including phenoxy) is 1. The fourth-order valence-corrected chi connectivity index (χ4v) is 5.07. The predicted octanol–water partition coefficient (Wildman–Crippen LogP) is 4.07. The van der Waals surface area contributed by atoms with Crippen molar-refractivity contribution < 1.29 is 22.3 Å². The fourth-order valence-electron chi connectivity index (χ4n) is 4.23. The maximum absolute atomic E-state index is 13.8. The normalized spacial score (nSPS) is 18.7. The number of hydrogen-bond donors (Lipinski definition) is 2. The van der Waals surface area contributed by atoms with Gasteiger partial charge in [-0.1, -0.05) is 0 Å². The molecule has 180 valence electrons. The Bertz CT molecular complexity index is 1380. The van der Waals surface area contributed by atoms with Crippen LogP contribution in [0, 0.1) is 18.7 Å². The molecule has 1 aromatic carbocycles. The van der Waals surface area contributed by atoms with E-state index in [0.29, 0.717) is 35.1 Å². The first kappa shape index (κ1) is 22.7. The molecule has 2 fully saturated rings. The van der Waals surface area contributed by atoms with Gasteiger partial charge in [-0.25, -0.2) is 22.8 Å². The van der Waals surface area contributed by atoms with Crippen molar-refractivity contribution in [2.24, 2.45) is 5.92 Å². The number of hydrogen-bond acceptors (Lipinski definition) is 7. The molecule has 0 radical (unpaired) electrons. The van der Waals surface area contributed by atoms with Crippen LogP contribution < -0.4 is 10.6 Å². The van der Waals surface area contributed by atoms with Crippen molar-refractivity contribution >= 4 is 44.1 Å². The Hall–Kier alpha value is -3.05. The highest BCUT2D eigenvalue weighted by atomic mass is 32.2. The number of amides is 1. The number of nitrogens with zero attached hydrogens (tertiary/aromatic N) is 3. The molecule has 1 saturated heterocycles. The molecule has 3 heterocycles. The van der Waals surface area contributed by atoms with E-state index >= 15 is 0 Å². The molecule has 3 aromatic rings. The van der Waals surface area contributed by atoms with Crippen LogP contribution in [-0.2, 0) is 19.4 Å². The first-order chi connectivity index (χ1) is 16.2. The number of fused-ring (bicyclic) bond motifs is 1. The van der Waals surface area contributed by atoms with Gasteiger partial charge in [-0.05, 0) is 57.2 Å². The molecule has 9 nitrogen and oxygen atoms in total. The van der Waals surface area contributed by atoms with Gasteiger partial charge >= 0.3 is 0 Å². The summed E-state index contributed by atoms with van der Waals surface area (Å²) in [5.74, 6) is 0.236. The number of imidazole rings is 1. The molecule has 1 amide bonds. The molecule has 5 rings (SSSR count). The summed E-state index contributed by atoms with van der Waals surface area (Å²) in [5.41, 5.74) is 1.67. The summed E-state index contributed by atoms with van der Waals surface area (Å²) in [4.78, 5) is 21.6. The molecule has 1 aliphatic heterocycles. The lowest BCUT2D eigenvalue weighted by atomic mass is 10.2. The van der Waals surface area contributed by atoms with E-state index in [-0.39, 0.29) is 28.6 Å². The van der Waals surface area contributed by atoms with Gasteiger partial charge in [0.05, 0.1) is 16.3 Å². The molecule has 34 heavy (non-hydrogen) atoms. The fraction of sp³-hybridized carbons (Fsp3) is 0.435. The lowest BCUT2D eigenvalue weighted by Crippen LogP contribution is -2.20. The summed E-state index contributed by atoms with van der Waals surface area (Å²) in [6.07, 6.45) is 5.30. The lowest BCUT2D eigenvalue weighted by Gasteiger charge is -2.25. The van der Waals surface area contributed by atoms with Crippen LogP contribution in [0.4, 0.5) is 21.6 Å². The molecule has 2 N–H and O–H groups in total. The number of nitrogens with one attached hydrogen (secondary N) is 2. The maximum atomic E-state index is 13.8. The molecular formula is C23H26FN5O4S. The third-order valence-electron chi connectivity index (χ3n) is 6.08. The number of aryl methyl sites for hydroxylation is 1. The van der Waals surface area contributed by atoms with Crippen molar-refractivity contribution in [1.82, 2.24) is 14.5 Å². The highest BCUT2D eigenvalue weighted by molar-refractivity contribution is 7.90. The average Bonchev–Trinajstić information content (AvgIpc) is 3.58. The molecule has 0 bridgehead atoms. The van der Waals surface area contributed by atoms with E-state index in [4.69, 9.17) is 4.74 Å². The minimum absolute atomic E-state index is 0.0174. The van der Waals surface area contributed by atoms with Crippen LogP contribution >= 0.6 is 0 Å². The van der Waals surface area contributed by atoms with Crippen LogP contribution in [0.25, 0.3) is 11.2 Å². The van der Waals surface area contributed by atoms with Gasteiger partial charge in [0.15, 0.2) is 15.5 Å². The second-order valence-electron chi connectivity index (χ2n) is 8.88. The Morgan fingerprint density at radius 1 is 1.15 bits per heavy atom. The zero-order valence-electron chi connectivity index (χ0n) is 19.0. The van der Waals surface area contributed by atoms with Crippen molar-refractivity contribution in [3.63, 3.8) is 0 Å². The molecule has 1 aliphatic carbocycles. The second-order valence-corrected chi connectivity index (χ2v) is 10.9. The average molecular weight is 488 g/mol. The van der Waals surface area contributed by atoms with Crippen molar-refractivity contribution in [2.45, 2.75) is 50.2 Å². The van der Waals surface area contributed by atoms with Crippen LogP contribution in [0.5, 0.6) is 0 Å². The van der Waals surface area contributed by atoms with Crippen LogP contribution in [-0.4, -0.2) is 41.7 Å². The number of pyridine rings is 1. The quantitative estimate of drug-likeness (QED) is 0.538. The third-order valence-corrected chi connectivity index (χ3v) is 7.22. The Balaban J connectivity index is 1.64. The van der Waals surface area contributed by atoms with Gasteiger partial charge in [0.2, 0.25) is 5.91 Å². The summed E-state index contributed by atoms with van der Waals surface area (Å²) >= 11 is 0. The highest BCUT2D eigenvalue weighted by Crippen LogP contribution is 2.36. The summed E-state index contributed by atoms with van der Waals surface area (Å²) in [6, 6.07) is 5.15. The number of carbonyl (C=O) groups excluding carboxylic acids is 1. The van der Waals surface area contributed by atoms with E-state index < -0.39 is 15.7 Å². The molecule has 2 aromatic heterocycles. The van der Waals surface area contributed by atoms with Crippen molar-refractivity contribution in [1.29, 1.82) is 0 Å². The molecule has 1 unspecified atom stereocenters. The Morgan fingerprint density at radius 2 is 1.94 bits per heavy atom. The van der Waals surface area contributed by atoms with Crippen LogP contribution in [0.1, 0.15) is 44.2 Å². The van der Waals surface area contributed by atoms with E-state index in [2.05, 4.69) is 20.6 Å². The van der Waals surface area contributed by atoms with Crippen LogP contribution in [0.15, 0.2) is 29.2 Å². The Labute approximate surface area is 196 Å². The summed E-state index contributed by atoms with van der Waals surface area (Å²) in [6.45, 7) is 2.49. The number of benzene rings is 1. The number of anilines is 3. The number of halogens is 1. The van der Waals surface area contributed by atoms with E-state index in [0.717, 1.165) is 44.4 Å². The topological polar surface area (TPSA) is 115 Å². The van der Waals surface area contributed by atoms with Crippen molar-refractivity contribution in [3.05, 3.63) is 35.9 Å². The largest absolute Gasteiger partial charge is 0.358 e. The number of carbonyl (C=O) groups is 1. The second kappa shape index (κ2) is 8.62. The molecular weight excluding hydrogens is 461 g/mol. The molecule has 1 atom stereocenters. The third kappa shape index (κ3) is 4.49.